The van der Waals surface area contributed by atoms with Crippen LogP contribution in [0.5, 0.6) is 0 Å². The summed E-state index contributed by atoms with van der Waals surface area (Å²) in [5.74, 6) is 2.52. The van der Waals surface area contributed by atoms with Crippen molar-refractivity contribution in [3.8, 4) is 11.4 Å². The molecule has 6 rings (SSSR count). The van der Waals surface area contributed by atoms with Gasteiger partial charge in [-0.25, -0.2) is 15.0 Å². The average molecular weight is 465 g/mol. The van der Waals surface area contributed by atoms with Crippen LogP contribution in [0.2, 0.25) is 5.02 Å². The van der Waals surface area contributed by atoms with Crippen LogP contribution in [0.15, 0.2) is 36.0 Å². The number of aryl methyl sites for hydroxylation is 1. The minimum absolute atomic E-state index is 0.179. The van der Waals surface area contributed by atoms with Crippen molar-refractivity contribution in [2.24, 2.45) is 0 Å². The number of amides is 1. The second-order valence-electron chi connectivity index (χ2n) is 8.76. The maximum absolute atomic E-state index is 12.1. The maximum Gasteiger partial charge on any atom is 0.230 e. The first-order valence-corrected chi connectivity index (χ1v) is 11.8. The zero-order chi connectivity index (χ0) is 22.5. The molecule has 0 spiro atoms. The van der Waals surface area contributed by atoms with Crippen molar-refractivity contribution in [3.05, 3.63) is 46.9 Å². The number of aromatic nitrogens is 4. The maximum atomic E-state index is 12.1. The molecule has 3 aromatic rings. The van der Waals surface area contributed by atoms with Gasteiger partial charge in [0.1, 0.15) is 11.6 Å². The number of halogens is 1. The van der Waals surface area contributed by atoms with Gasteiger partial charge in [-0.05, 0) is 31.9 Å². The first-order chi connectivity index (χ1) is 16.1. The molecule has 0 radical (unpaired) electrons. The van der Waals surface area contributed by atoms with E-state index in [-0.39, 0.29) is 11.9 Å². The molecule has 3 aliphatic heterocycles. The lowest BCUT2D eigenvalue weighted by Gasteiger charge is -2.35. The van der Waals surface area contributed by atoms with Gasteiger partial charge in [0.15, 0.2) is 17.0 Å². The number of fused-ring (bicyclic) bond motifs is 2. The van der Waals surface area contributed by atoms with Gasteiger partial charge in [0.25, 0.3) is 0 Å². The fraction of sp³-hybridized carbons (Fsp3) is 0.417. The zero-order valence-electron chi connectivity index (χ0n) is 18.5. The Bertz CT molecular complexity index is 1280. The highest BCUT2D eigenvalue weighted by molar-refractivity contribution is 6.33. The fourth-order valence-corrected chi connectivity index (χ4v) is 5.31. The Morgan fingerprint density at radius 2 is 1.91 bits per heavy atom. The van der Waals surface area contributed by atoms with E-state index in [9.17, 15) is 4.79 Å². The Morgan fingerprint density at radius 3 is 2.73 bits per heavy atom. The number of benzene rings is 1. The van der Waals surface area contributed by atoms with E-state index >= 15 is 0 Å². The molecule has 0 N–H and O–H groups in total. The Hall–Kier alpha value is -2.97. The molecular formula is C24H25ClN6O2. The molecule has 0 bridgehead atoms. The van der Waals surface area contributed by atoms with E-state index in [4.69, 9.17) is 31.3 Å². The molecule has 8 nitrogen and oxygen atoms in total. The fourth-order valence-electron chi connectivity index (χ4n) is 5.09. The summed E-state index contributed by atoms with van der Waals surface area (Å²) < 4.78 is 7.87. The van der Waals surface area contributed by atoms with Gasteiger partial charge in [0.05, 0.1) is 11.6 Å². The lowest BCUT2D eigenvalue weighted by molar-refractivity contribution is -0.127. The number of nitrogens with zero attached hydrogens (tertiary/aromatic N) is 6. The Balaban J connectivity index is 1.52. The monoisotopic (exact) mass is 464 g/mol. The highest BCUT2D eigenvalue weighted by atomic mass is 35.5. The van der Waals surface area contributed by atoms with Crippen LogP contribution in [0.25, 0.3) is 22.6 Å². The first kappa shape index (κ1) is 20.6. The van der Waals surface area contributed by atoms with E-state index in [1.165, 1.54) is 0 Å². The first-order valence-electron chi connectivity index (χ1n) is 11.4. The third-order valence-electron chi connectivity index (χ3n) is 6.71. The van der Waals surface area contributed by atoms with Crippen LogP contribution < -0.4 is 4.90 Å². The molecule has 0 aliphatic carbocycles. The van der Waals surface area contributed by atoms with Crippen molar-refractivity contribution in [1.82, 2.24) is 24.4 Å². The number of imidazole rings is 1. The number of rotatable bonds is 3. The normalized spacial score (nSPS) is 19.3. The number of hydrogen-bond donors (Lipinski definition) is 0. The highest BCUT2D eigenvalue weighted by Crippen LogP contribution is 2.38. The summed E-state index contributed by atoms with van der Waals surface area (Å²) in [7, 11) is 0. The number of piperazine rings is 1. The molecule has 1 amide bonds. The third-order valence-corrected chi connectivity index (χ3v) is 7.04. The van der Waals surface area contributed by atoms with E-state index < -0.39 is 0 Å². The van der Waals surface area contributed by atoms with E-state index in [1.807, 2.05) is 42.2 Å². The smallest absolute Gasteiger partial charge is 0.230 e. The molecule has 1 aromatic carbocycles. The summed E-state index contributed by atoms with van der Waals surface area (Å²) in [6, 6.07) is 8.04. The average Bonchev–Trinajstić information content (AvgIpc) is 3.39. The van der Waals surface area contributed by atoms with Gasteiger partial charge in [-0.15, -0.1) is 0 Å². The molecule has 33 heavy (non-hydrogen) atoms. The molecule has 2 aromatic heterocycles. The summed E-state index contributed by atoms with van der Waals surface area (Å²) >= 11 is 6.62. The van der Waals surface area contributed by atoms with Gasteiger partial charge in [0, 0.05) is 50.0 Å². The Labute approximate surface area is 196 Å². The number of anilines is 1. The minimum atomic E-state index is 0.179. The quantitative estimate of drug-likeness (QED) is 0.587. The summed E-state index contributed by atoms with van der Waals surface area (Å²) in [4.78, 5) is 31.0. The van der Waals surface area contributed by atoms with Gasteiger partial charge in [-0.1, -0.05) is 29.8 Å². The number of carbonyl (C=O) groups excluding carboxylic acids is 1. The van der Waals surface area contributed by atoms with Crippen molar-refractivity contribution >= 4 is 34.5 Å². The van der Waals surface area contributed by atoms with Crippen molar-refractivity contribution < 1.29 is 9.53 Å². The van der Waals surface area contributed by atoms with Crippen molar-refractivity contribution in [2.75, 3.05) is 37.7 Å². The van der Waals surface area contributed by atoms with Crippen molar-refractivity contribution in [3.63, 3.8) is 0 Å². The van der Waals surface area contributed by atoms with Crippen LogP contribution >= 0.6 is 11.6 Å². The minimum Gasteiger partial charge on any atom is -0.381 e. The van der Waals surface area contributed by atoms with Gasteiger partial charge in [0.2, 0.25) is 5.91 Å². The molecular weight excluding hydrogens is 440 g/mol. The van der Waals surface area contributed by atoms with E-state index in [0.29, 0.717) is 50.1 Å². The lowest BCUT2D eigenvalue weighted by Crippen LogP contribution is -2.45. The van der Waals surface area contributed by atoms with Gasteiger partial charge >= 0.3 is 0 Å². The lowest BCUT2D eigenvalue weighted by atomic mass is 10.1. The van der Waals surface area contributed by atoms with Gasteiger partial charge in [-0.2, -0.15) is 0 Å². The summed E-state index contributed by atoms with van der Waals surface area (Å²) in [5.41, 5.74) is 3.55. The van der Waals surface area contributed by atoms with Crippen LogP contribution in [0, 0.1) is 6.92 Å². The Kier molecular flexibility index (Phi) is 5.07. The second-order valence-corrected chi connectivity index (χ2v) is 9.17. The third kappa shape index (κ3) is 3.48. The number of hydrogen-bond acceptors (Lipinski definition) is 6. The zero-order valence-corrected chi connectivity index (χ0v) is 19.3. The number of carbonyl (C=O) groups is 1. The summed E-state index contributed by atoms with van der Waals surface area (Å²) in [6.45, 7) is 5.37. The summed E-state index contributed by atoms with van der Waals surface area (Å²) in [5, 5.41) is 0.663. The van der Waals surface area contributed by atoms with Crippen LogP contribution in [-0.2, 0) is 9.53 Å². The number of ether oxygens (including phenoxy) is 1. The highest BCUT2D eigenvalue weighted by Gasteiger charge is 2.32. The molecule has 2 saturated heterocycles. The standard InChI is InChI=1S/C24H25ClN6O2/c1-15-26-23(29-10-11-30-17(14-29)6-7-20(30)32)21-24(27-15)31(16-8-12-33-13-9-16)22(28-21)18-4-2-3-5-19(18)25/h2-6,16H,7-14H2,1H3. The molecule has 9 heteroatoms. The van der Waals surface area contributed by atoms with Crippen molar-refractivity contribution in [2.45, 2.75) is 32.2 Å². The Morgan fingerprint density at radius 1 is 1.09 bits per heavy atom. The van der Waals surface area contributed by atoms with Crippen molar-refractivity contribution in [1.29, 1.82) is 0 Å². The van der Waals surface area contributed by atoms with E-state index in [1.54, 1.807) is 0 Å². The van der Waals surface area contributed by atoms with Gasteiger partial charge < -0.3 is 19.1 Å². The topological polar surface area (TPSA) is 76.4 Å². The molecule has 170 valence electrons. The van der Waals surface area contributed by atoms with E-state index in [2.05, 4.69) is 9.47 Å². The predicted octanol–water partition coefficient (Wildman–Crippen LogP) is 3.74. The molecule has 0 unspecified atom stereocenters. The predicted molar refractivity (Wildman–Crippen MR) is 126 cm³/mol. The molecule has 0 atom stereocenters. The van der Waals surface area contributed by atoms with Crippen LogP contribution in [0.4, 0.5) is 5.82 Å². The largest absolute Gasteiger partial charge is 0.381 e. The van der Waals surface area contributed by atoms with Crippen LogP contribution in [0.1, 0.15) is 31.1 Å². The second kappa shape index (κ2) is 8.11. The van der Waals surface area contributed by atoms with E-state index in [0.717, 1.165) is 46.9 Å². The summed E-state index contributed by atoms with van der Waals surface area (Å²) in [6.07, 6.45) is 4.30. The SMILES string of the molecule is Cc1nc(N2CCN3C(=O)CC=C3C2)c2nc(-c3ccccc3Cl)n(C3CCOCC3)c2n1. The molecule has 0 saturated carbocycles. The van der Waals surface area contributed by atoms with Crippen LogP contribution in [0.3, 0.4) is 0 Å². The van der Waals surface area contributed by atoms with Crippen LogP contribution in [-0.4, -0.2) is 63.2 Å². The molecule has 5 heterocycles. The van der Waals surface area contributed by atoms with Gasteiger partial charge in [-0.3, -0.25) is 4.79 Å². The molecule has 3 aliphatic rings. The molecule has 2 fully saturated rings.